The van der Waals surface area contributed by atoms with E-state index in [-0.39, 0.29) is 10.9 Å². The summed E-state index contributed by atoms with van der Waals surface area (Å²) in [6, 6.07) is 11.0. The summed E-state index contributed by atoms with van der Waals surface area (Å²) in [6.07, 6.45) is 2.03. The molecule has 0 amide bonds. The van der Waals surface area contributed by atoms with Gasteiger partial charge in [0.2, 0.25) is 10.0 Å². The van der Waals surface area contributed by atoms with E-state index in [9.17, 15) is 8.42 Å². The van der Waals surface area contributed by atoms with Gasteiger partial charge in [0, 0.05) is 12.5 Å². The predicted octanol–water partition coefficient (Wildman–Crippen LogP) is 2.06. The van der Waals surface area contributed by atoms with Crippen LogP contribution >= 0.6 is 0 Å². The number of sulfonamides is 1. The molecule has 1 aromatic heterocycles. The molecule has 0 saturated heterocycles. The topological polar surface area (TPSA) is 83.1 Å². The van der Waals surface area contributed by atoms with E-state index in [1.807, 2.05) is 6.07 Å². The van der Waals surface area contributed by atoms with Gasteiger partial charge in [-0.1, -0.05) is 0 Å². The minimum atomic E-state index is -3.59. The van der Waals surface area contributed by atoms with E-state index in [1.54, 1.807) is 25.3 Å². The summed E-state index contributed by atoms with van der Waals surface area (Å²) in [4.78, 5) is 0.141. The van der Waals surface area contributed by atoms with Crippen LogP contribution in [-0.2, 0) is 16.4 Å². The number of nitrogens with zero attached hydrogens (tertiary/aromatic N) is 1. The summed E-state index contributed by atoms with van der Waals surface area (Å²) in [5, 5.41) is 8.69. The van der Waals surface area contributed by atoms with Crippen molar-refractivity contribution in [1.29, 1.82) is 5.26 Å². The molecule has 1 atom stereocenters. The largest absolute Gasteiger partial charge is 0.469 e. The van der Waals surface area contributed by atoms with Crippen LogP contribution in [0.5, 0.6) is 0 Å². The second-order valence-corrected chi connectivity index (χ2v) is 6.16. The summed E-state index contributed by atoms with van der Waals surface area (Å²) in [6.45, 7) is 1.77. The molecule has 0 aliphatic heterocycles. The molecule has 2 rings (SSSR count). The third-order valence-corrected chi connectivity index (χ3v) is 4.34. The number of rotatable bonds is 5. The van der Waals surface area contributed by atoms with Gasteiger partial charge in [-0.2, -0.15) is 5.26 Å². The molecule has 1 N–H and O–H groups in total. The second kappa shape index (κ2) is 5.90. The fourth-order valence-electron chi connectivity index (χ4n) is 1.81. The molecule has 0 aliphatic carbocycles. The molecular formula is C14H14N2O3S. The highest BCUT2D eigenvalue weighted by Gasteiger charge is 2.18. The number of benzene rings is 1. The number of hydrogen-bond donors (Lipinski definition) is 1. The lowest BCUT2D eigenvalue weighted by molar-refractivity contribution is 0.479. The van der Waals surface area contributed by atoms with E-state index in [1.165, 1.54) is 24.3 Å². The Labute approximate surface area is 117 Å². The molecule has 0 bridgehead atoms. The Morgan fingerprint density at radius 1 is 1.30 bits per heavy atom. The van der Waals surface area contributed by atoms with Crippen molar-refractivity contribution in [3.05, 3.63) is 54.0 Å². The van der Waals surface area contributed by atoms with Crippen LogP contribution < -0.4 is 4.72 Å². The zero-order chi connectivity index (χ0) is 14.6. The molecule has 0 radical (unpaired) electrons. The van der Waals surface area contributed by atoms with Crippen LogP contribution in [-0.4, -0.2) is 14.5 Å². The molecule has 104 valence electrons. The third-order valence-electron chi connectivity index (χ3n) is 2.74. The average Bonchev–Trinajstić information content (AvgIpc) is 2.91. The first-order chi connectivity index (χ1) is 9.51. The Morgan fingerprint density at radius 3 is 2.55 bits per heavy atom. The first-order valence-corrected chi connectivity index (χ1v) is 7.54. The maximum absolute atomic E-state index is 12.1. The van der Waals surface area contributed by atoms with Gasteiger partial charge in [0.1, 0.15) is 5.76 Å². The first-order valence-electron chi connectivity index (χ1n) is 6.06. The fourth-order valence-corrected chi connectivity index (χ4v) is 3.06. The highest BCUT2D eigenvalue weighted by molar-refractivity contribution is 7.89. The molecule has 6 heteroatoms. The summed E-state index contributed by atoms with van der Waals surface area (Å²) in [5.74, 6) is 0.722. The number of furan rings is 1. The summed E-state index contributed by atoms with van der Waals surface area (Å²) in [7, 11) is -3.59. The zero-order valence-corrected chi connectivity index (χ0v) is 11.7. The monoisotopic (exact) mass is 290 g/mol. The molecule has 20 heavy (non-hydrogen) atoms. The highest BCUT2D eigenvalue weighted by Crippen LogP contribution is 2.12. The quantitative estimate of drug-likeness (QED) is 0.913. The van der Waals surface area contributed by atoms with Crippen molar-refractivity contribution in [2.24, 2.45) is 0 Å². The lowest BCUT2D eigenvalue weighted by Crippen LogP contribution is -2.34. The van der Waals surface area contributed by atoms with Gasteiger partial charge in [-0.25, -0.2) is 13.1 Å². The van der Waals surface area contributed by atoms with Crippen molar-refractivity contribution < 1.29 is 12.8 Å². The zero-order valence-electron chi connectivity index (χ0n) is 10.9. The summed E-state index contributed by atoms with van der Waals surface area (Å²) >= 11 is 0. The molecule has 0 unspecified atom stereocenters. The number of nitrogens with one attached hydrogen (secondary N) is 1. The van der Waals surface area contributed by atoms with Crippen LogP contribution in [0.2, 0.25) is 0 Å². The van der Waals surface area contributed by atoms with Crippen LogP contribution in [0.3, 0.4) is 0 Å². The van der Waals surface area contributed by atoms with Crippen LogP contribution in [0.15, 0.2) is 52.0 Å². The predicted molar refractivity (Wildman–Crippen MR) is 73.4 cm³/mol. The number of hydrogen-bond acceptors (Lipinski definition) is 4. The van der Waals surface area contributed by atoms with Gasteiger partial charge in [-0.3, -0.25) is 0 Å². The van der Waals surface area contributed by atoms with Crippen LogP contribution in [0.1, 0.15) is 18.2 Å². The van der Waals surface area contributed by atoms with E-state index < -0.39 is 10.0 Å². The minimum absolute atomic E-state index is 0.141. The Bertz CT molecular complexity index is 698. The summed E-state index contributed by atoms with van der Waals surface area (Å²) in [5.41, 5.74) is 0.424. The standard InChI is InChI=1S/C14H14N2O3S/c1-11(9-13-3-2-8-19-13)16-20(17,18)14-6-4-12(10-15)5-7-14/h2-8,11,16H,9H2,1H3/t11-/m0/s1. The van der Waals surface area contributed by atoms with Gasteiger partial charge in [-0.05, 0) is 43.3 Å². The first kappa shape index (κ1) is 14.3. The molecule has 0 fully saturated rings. The van der Waals surface area contributed by atoms with Crippen molar-refractivity contribution in [1.82, 2.24) is 4.72 Å². The average molecular weight is 290 g/mol. The normalized spacial score (nSPS) is 12.8. The Kier molecular flexibility index (Phi) is 4.23. The SMILES string of the molecule is C[C@@H](Cc1ccco1)NS(=O)(=O)c1ccc(C#N)cc1. The highest BCUT2D eigenvalue weighted by atomic mass is 32.2. The molecule has 2 aromatic rings. The minimum Gasteiger partial charge on any atom is -0.469 e. The molecule has 0 saturated carbocycles. The van der Waals surface area contributed by atoms with Crippen molar-refractivity contribution >= 4 is 10.0 Å². The molecule has 5 nitrogen and oxygen atoms in total. The Hall–Kier alpha value is -2.10. The van der Waals surface area contributed by atoms with Crippen molar-refractivity contribution in [3.63, 3.8) is 0 Å². The van der Waals surface area contributed by atoms with Crippen LogP contribution in [0, 0.1) is 11.3 Å². The van der Waals surface area contributed by atoms with E-state index in [0.717, 1.165) is 5.76 Å². The van der Waals surface area contributed by atoms with Crippen LogP contribution in [0.25, 0.3) is 0 Å². The van der Waals surface area contributed by atoms with E-state index in [2.05, 4.69) is 4.72 Å². The maximum Gasteiger partial charge on any atom is 0.240 e. The van der Waals surface area contributed by atoms with Gasteiger partial charge in [0.25, 0.3) is 0 Å². The molecular weight excluding hydrogens is 276 g/mol. The van der Waals surface area contributed by atoms with Gasteiger partial charge in [0.05, 0.1) is 22.8 Å². The fraction of sp³-hybridized carbons (Fsp3) is 0.214. The molecule has 1 heterocycles. The smallest absolute Gasteiger partial charge is 0.240 e. The number of nitriles is 1. The van der Waals surface area contributed by atoms with Crippen LogP contribution in [0.4, 0.5) is 0 Å². The molecule has 0 spiro atoms. The van der Waals surface area contributed by atoms with E-state index in [0.29, 0.717) is 12.0 Å². The van der Waals surface area contributed by atoms with Crippen molar-refractivity contribution in [3.8, 4) is 6.07 Å². The lowest BCUT2D eigenvalue weighted by atomic mass is 10.2. The van der Waals surface area contributed by atoms with Gasteiger partial charge < -0.3 is 4.42 Å². The molecule has 0 aliphatic rings. The maximum atomic E-state index is 12.1. The molecule has 1 aromatic carbocycles. The second-order valence-electron chi connectivity index (χ2n) is 4.44. The van der Waals surface area contributed by atoms with E-state index >= 15 is 0 Å². The van der Waals surface area contributed by atoms with Gasteiger partial charge in [0.15, 0.2) is 0 Å². The summed E-state index contributed by atoms with van der Waals surface area (Å²) < 4.78 is 32.1. The van der Waals surface area contributed by atoms with Gasteiger partial charge >= 0.3 is 0 Å². The van der Waals surface area contributed by atoms with E-state index in [4.69, 9.17) is 9.68 Å². The van der Waals surface area contributed by atoms with Crippen molar-refractivity contribution in [2.75, 3.05) is 0 Å². The van der Waals surface area contributed by atoms with Gasteiger partial charge in [-0.15, -0.1) is 0 Å². The Balaban J connectivity index is 2.08. The Morgan fingerprint density at radius 2 is 2.00 bits per heavy atom. The van der Waals surface area contributed by atoms with Crippen molar-refractivity contribution in [2.45, 2.75) is 24.3 Å². The third kappa shape index (κ3) is 3.47. The lowest BCUT2D eigenvalue weighted by Gasteiger charge is -2.13.